The van der Waals surface area contributed by atoms with Crippen molar-refractivity contribution in [2.75, 3.05) is 7.05 Å². The monoisotopic (exact) mass is 378 g/mol. The molecule has 0 spiro atoms. The SMILES string of the molecule is CN(C1CCC1)S(=O)(=O)c1cc(CNC2CC2)sc1Br. The third-order valence-corrected chi connectivity index (χ3v) is 8.26. The summed E-state index contributed by atoms with van der Waals surface area (Å²) >= 11 is 4.93. The highest BCUT2D eigenvalue weighted by Gasteiger charge is 2.33. The molecule has 2 aliphatic rings. The maximum absolute atomic E-state index is 12.6. The van der Waals surface area contributed by atoms with Gasteiger partial charge in [0.1, 0.15) is 4.90 Å². The van der Waals surface area contributed by atoms with E-state index in [0.717, 1.165) is 34.5 Å². The van der Waals surface area contributed by atoms with E-state index in [9.17, 15) is 8.42 Å². The van der Waals surface area contributed by atoms with E-state index in [0.29, 0.717) is 10.9 Å². The van der Waals surface area contributed by atoms with Crippen molar-refractivity contribution in [1.29, 1.82) is 0 Å². The minimum atomic E-state index is -3.36. The van der Waals surface area contributed by atoms with E-state index in [1.165, 1.54) is 24.2 Å². The second-order valence-electron chi connectivity index (χ2n) is 5.61. The summed E-state index contributed by atoms with van der Waals surface area (Å²) in [6.45, 7) is 0.761. The fourth-order valence-corrected chi connectivity index (χ4v) is 6.29. The number of hydrogen-bond acceptors (Lipinski definition) is 4. The lowest BCUT2D eigenvalue weighted by Gasteiger charge is -2.33. The fourth-order valence-electron chi connectivity index (χ4n) is 2.29. The van der Waals surface area contributed by atoms with Gasteiger partial charge >= 0.3 is 0 Å². The summed E-state index contributed by atoms with van der Waals surface area (Å²) in [6, 6.07) is 2.63. The molecule has 20 heavy (non-hydrogen) atoms. The molecule has 0 aromatic carbocycles. The van der Waals surface area contributed by atoms with Crippen LogP contribution >= 0.6 is 27.3 Å². The molecule has 0 aliphatic heterocycles. The number of sulfonamides is 1. The maximum Gasteiger partial charge on any atom is 0.245 e. The molecule has 1 heterocycles. The first-order valence-electron chi connectivity index (χ1n) is 6.98. The van der Waals surface area contributed by atoms with Gasteiger partial charge in [0.2, 0.25) is 10.0 Å². The Kier molecular flexibility index (Phi) is 4.25. The largest absolute Gasteiger partial charge is 0.309 e. The van der Waals surface area contributed by atoms with E-state index in [-0.39, 0.29) is 6.04 Å². The molecule has 0 bridgehead atoms. The first-order chi connectivity index (χ1) is 9.48. The van der Waals surface area contributed by atoms with Gasteiger partial charge in [0.05, 0.1) is 3.79 Å². The van der Waals surface area contributed by atoms with Crippen molar-refractivity contribution in [3.05, 3.63) is 14.7 Å². The quantitative estimate of drug-likeness (QED) is 0.827. The average Bonchev–Trinajstić information content (AvgIpc) is 3.07. The van der Waals surface area contributed by atoms with E-state index in [2.05, 4.69) is 21.2 Å². The summed E-state index contributed by atoms with van der Waals surface area (Å²) in [5.74, 6) is 0. The minimum absolute atomic E-state index is 0.180. The zero-order valence-electron chi connectivity index (χ0n) is 11.4. The second-order valence-corrected chi connectivity index (χ2v) is 10.0. The molecule has 1 aromatic rings. The highest BCUT2D eigenvalue weighted by molar-refractivity contribution is 9.11. The van der Waals surface area contributed by atoms with Crippen LogP contribution < -0.4 is 5.32 Å². The molecule has 1 N–H and O–H groups in total. The Labute approximate surface area is 132 Å². The molecule has 4 nitrogen and oxygen atoms in total. The molecule has 0 atom stereocenters. The van der Waals surface area contributed by atoms with Crippen LogP contribution in [0.15, 0.2) is 14.7 Å². The molecule has 0 radical (unpaired) electrons. The standard InChI is InChI=1S/C13H19BrN2O2S2/c1-16(10-3-2-4-10)20(17,18)12-7-11(19-13(12)14)8-15-9-5-6-9/h7,9-10,15H,2-6,8H2,1H3. The summed E-state index contributed by atoms with van der Waals surface area (Å²) in [7, 11) is -1.66. The van der Waals surface area contributed by atoms with Gasteiger partial charge in [-0.3, -0.25) is 0 Å². The summed E-state index contributed by atoms with van der Waals surface area (Å²) in [4.78, 5) is 1.49. The lowest BCUT2D eigenvalue weighted by Crippen LogP contribution is -2.41. The van der Waals surface area contributed by atoms with Crippen molar-refractivity contribution in [2.45, 2.75) is 55.6 Å². The molecule has 2 fully saturated rings. The summed E-state index contributed by atoms with van der Waals surface area (Å²) in [6.07, 6.45) is 5.57. The van der Waals surface area contributed by atoms with Gasteiger partial charge in [-0.05, 0) is 47.7 Å². The zero-order chi connectivity index (χ0) is 14.3. The maximum atomic E-state index is 12.6. The molecule has 0 amide bonds. The van der Waals surface area contributed by atoms with Gasteiger partial charge in [-0.15, -0.1) is 11.3 Å². The van der Waals surface area contributed by atoms with E-state index in [1.54, 1.807) is 11.4 Å². The molecule has 112 valence electrons. The van der Waals surface area contributed by atoms with Gasteiger partial charge < -0.3 is 5.32 Å². The van der Waals surface area contributed by atoms with E-state index in [4.69, 9.17) is 0 Å². The fraction of sp³-hybridized carbons (Fsp3) is 0.692. The summed E-state index contributed by atoms with van der Waals surface area (Å²) in [5, 5.41) is 3.42. The molecule has 0 saturated heterocycles. The molecule has 7 heteroatoms. The minimum Gasteiger partial charge on any atom is -0.309 e. The lowest BCUT2D eigenvalue weighted by molar-refractivity contribution is 0.249. The summed E-state index contributed by atoms with van der Waals surface area (Å²) < 4.78 is 27.5. The van der Waals surface area contributed by atoms with Crippen LogP contribution in [0.1, 0.15) is 37.0 Å². The van der Waals surface area contributed by atoms with E-state index >= 15 is 0 Å². The third-order valence-electron chi connectivity index (χ3n) is 4.09. The van der Waals surface area contributed by atoms with Crippen molar-refractivity contribution < 1.29 is 8.42 Å². The second kappa shape index (κ2) is 5.68. The van der Waals surface area contributed by atoms with Gasteiger partial charge in [0.15, 0.2) is 0 Å². The Bertz CT molecular complexity index is 592. The number of nitrogens with zero attached hydrogens (tertiary/aromatic N) is 1. The molecular weight excluding hydrogens is 360 g/mol. The first-order valence-corrected chi connectivity index (χ1v) is 10.0. The molecule has 0 unspecified atom stereocenters. The number of rotatable bonds is 6. The van der Waals surface area contributed by atoms with Crippen molar-refractivity contribution in [3.8, 4) is 0 Å². The van der Waals surface area contributed by atoms with E-state index in [1.807, 2.05) is 6.07 Å². The number of halogens is 1. The Hall–Kier alpha value is 0.0500. The summed E-state index contributed by atoms with van der Waals surface area (Å²) in [5.41, 5.74) is 0. The number of nitrogens with one attached hydrogen (secondary N) is 1. The van der Waals surface area contributed by atoms with Crippen molar-refractivity contribution in [3.63, 3.8) is 0 Å². The molecule has 2 aliphatic carbocycles. The van der Waals surface area contributed by atoms with Gasteiger partial charge in [0, 0.05) is 30.6 Å². The Morgan fingerprint density at radius 2 is 2.10 bits per heavy atom. The lowest BCUT2D eigenvalue weighted by atomic mass is 9.94. The van der Waals surface area contributed by atoms with Crippen LogP contribution in [-0.2, 0) is 16.6 Å². The van der Waals surface area contributed by atoms with E-state index < -0.39 is 10.0 Å². The van der Waals surface area contributed by atoms with Crippen LogP contribution in [0, 0.1) is 0 Å². The van der Waals surface area contributed by atoms with Crippen LogP contribution in [0.3, 0.4) is 0 Å². The van der Waals surface area contributed by atoms with Crippen LogP contribution in [-0.4, -0.2) is 31.9 Å². The van der Waals surface area contributed by atoms with Gasteiger partial charge in [-0.2, -0.15) is 4.31 Å². The number of hydrogen-bond donors (Lipinski definition) is 1. The van der Waals surface area contributed by atoms with Crippen LogP contribution in [0.4, 0.5) is 0 Å². The van der Waals surface area contributed by atoms with Crippen molar-refractivity contribution in [1.82, 2.24) is 9.62 Å². The van der Waals surface area contributed by atoms with Crippen LogP contribution in [0.25, 0.3) is 0 Å². The molecule has 2 saturated carbocycles. The Balaban J connectivity index is 1.76. The molecule has 3 rings (SSSR count). The van der Waals surface area contributed by atoms with Crippen molar-refractivity contribution in [2.24, 2.45) is 0 Å². The highest BCUT2D eigenvalue weighted by atomic mass is 79.9. The third kappa shape index (κ3) is 2.97. The predicted molar refractivity (Wildman–Crippen MR) is 84.5 cm³/mol. The first kappa shape index (κ1) is 15.0. The molecular formula is C13H19BrN2O2S2. The topological polar surface area (TPSA) is 49.4 Å². The van der Waals surface area contributed by atoms with Crippen LogP contribution in [0.5, 0.6) is 0 Å². The normalized spacial score (nSPS) is 20.4. The molecule has 1 aromatic heterocycles. The van der Waals surface area contributed by atoms with Gasteiger partial charge in [-0.25, -0.2) is 8.42 Å². The predicted octanol–water partition coefficient (Wildman–Crippen LogP) is 2.94. The van der Waals surface area contributed by atoms with Gasteiger partial charge in [-0.1, -0.05) is 6.42 Å². The Morgan fingerprint density at radius 3 is 2.65 bits per heavy atom. The van der Waals surface area contributed by atoms with Crippen LogP contribution in [0.2, 0.25) is 0 Å². The average molecular weight is 379 g/mol. The smallest absolute Gasteiger partial charge is 0.245 e. The Morgan fingerprint density at radius 1 is 1.40 bits per heavy atom. The van der Waals surface area contributed by atoms with Crippen molar-refractivity contribution >= 4 is 37.3 Å². The highest BCUT2D eigenvalue weighted by Crippen LogP contribution is 2.36. The zero-order valence-corrected chi connectivity index (χ0v) is 14.7. The van der Waals surface area contributed by atoms with Gasteiger partial charge in [0.25, 0.3) is 0 Å². The number of thiophene rings is 1.